The highest BCUT2D eigenvalue weighted by atomic mass is 79.9. The number of rotatable bonds is 5. The molecule has 2 aliphatic rings. The van der Waals surface area contributed by atoms with Gasteiger partial charge in [-0.05, 0) is 31.0 Å². The molecule has 1 N–H and O–H groups in total. The van der Waals surface area contributed by atoms with Gasteiger partial charge in [0.25, 0.3) is 0 Å². The zero-order chi connectivity index (χ0) is 17.0. The van der Waals surface area contributed by atoms with Gasteiger partial charge < -0.3 is 4.74 Å². The minimum atomic E-state index is -3.50. The van der Waals surface area contributed by atoms with Gasteiger partial charge in [0.15, 0.2) is 0 Å². The van der Waals surface area contributed by atoms with E-state index in [0.717, 1.165) is 56.5 Å². The van der Waals surface area contributed by atoms with Crippen molar-refractivity contribution in [1.29, 1.82) is 0 Å². The van der Waals surface area contributed by atoms with Gasteiger partial charge in [-0.3, -0.25) is 4.90 Å². The van der Waals surface area contributed by atoms with Crippen LogP contribution < -0.4 is 4.72 Å². The second kappa shape index (κ2) is 7.83. The first kappa shape index (κ1) is 18.3. The summed E-state index contributed by atoms with van der Waals surface area (Å²) in [5, 5.41) is 0. The van der Waals surface area contributed by atoms with Crippen molar-refractivity contribution in [3.05, 3.63) is 28.7 Å². The molecule has 1 aromatic rings. The van der Waals surface area contributed by atoms with Crippen LogP contribution in [0.2, 0.25) is 0 Å². The van der Waals surface area contributed by atoms with E-state index >= 15 is 0 Å². The lowest BCUT2D eigenvalue weighted by Gasteiger charge is -2.48. The third-order valence-corrected chi connectivity index (χ3v) is 7.06. The van der Waals surface area contributed by atoms with Gasteiger partial charge in [-0.15, -0.1) is 0 Å². The number of nitrogens with zero attached hydrogens (tertiary/aromatic N) is 1. The summed E-state index contributed by atoms with van der Waals surface area (Å²) in [5.41, 5.74) is -0.0683. The molecule has 0 atom stereocenters. The Hall–Kier alpha value is -0.470. The van der Waals surface area contributed by atoms with Crippen molar-refractivity contribution in [3.63, 3.8) is 0 Å². The van der Waals surface area contributed by atoms with Gasteiger partial charge in [-0.1, -0.05) is 41.3 Å². The van der Waals surface area contributed by atoms with Crippen LogP contribution in [0.5, 0.6) is 0 Å². The van der Waals surface area contributed by atoms with Crippen LogP contribution in [0.1, 0.15) is 32.1 Å². The molecule has 0 unspecified atom stereocenters. The number of hydrogen-bond acceptors (Lipinski definition) is 4. The Bertz CT molecular complexity index is 654. The summed E-state index contributed by atoms with van der Waals surface area (Å²) < 4.78 is 34.5. The zero-order valence-electron chi connectivity index (χ0n) is 13.8. The smallest absolute Gasteiger partial charge is 0.240 e. The normalized spacial score (nSPS) is 22.4. The lowest BCUT2D eigenvalue weighted by molar-refractivity contribution is -0.0348. The van der Waals surface area contributed by atoms with E-state index in [0.29, 0.717) is 11.4 Å². The quantitative estimate of drug-likeness (QED) is 0.801. The number of ether oxygens (including phenoxy) is 1. The molecular weight excluding hydrogens is 392 g/mol. The Morgan fingerprint density at radius 1 is 1.17 bits per heavy atom. The molecule has 2 fully saturated rings. The molecule has 1 saturated heterocycles. The molecule has 0 bridgehead atoms. The number of halogens is 1. The van der Waals surface area contributed by atoms with Gasteiger partial charge in [-0.25, -0.2) is 13.1 Å². The molecular formula is C17H25BrN2O3S. The first-order valence-corrected chi connectivity index (χ1v) is 10.9. The number of hydrogen-bond donors (Lipinski definition) is 1. The van der Waals surface area contributed by atoms with E-state index in [1.165, 1.54) is 6.42 Å². The van der Waals surface area contributed by atoms with Crippen molar-refractivity contribution in [2.45, 2.75) is 42.5 Å². The number of sulfonamides is 1. The minimum Gasteiger partial charge on any atom is -0.379 e. The van der Waals surface area contributed by atoms with Crippen molar-refractivity contribution in [3.8, 4) is 0 Å². The van der Waals surface area contributed by atoms with E-state index in [1.807, 2.05) is 6.07 Å². The molecule has 5 nitrogen and oxygen atoms in total. The van der Waals surface area contributed by atoms with E-state index in [9.17, 15) is 8.42 Å². The molecule has 0 spiro atoms. The average Bonchev–Trinajstić information content (AvgIpc) is 2.62. The fourth-order valence-corrected chi connectivity index (χ4v) is 5.52. The lowest BCUT2D eigenvalue weighted by atomic mass is 9.80. The van der Waals surface area contributed by atoms with Gasteiger partial charge in [-0.2, -0.15) is 0 Å². The summed E-state index contributed by atoms with van der Waals surface area (Å²) in [6.45, 7) is 3.72. The van der Waals surface area contributed by atoms with Crippen LogP contribution in [0.4, 0.5) is 0 Å². The van der Waals surface area contributed by atoms with Crippen molar-refractivity contribution in [2.24, 2.45) is 0 Å². The molecule has 1 saturated carbocycles. The second-order valence-corrected chi connectivity index (χ2v) is 9.35. The first-order chi connectivity index (χ1) is 11.5. The van der Waals surface area contributed by atoms with Crippen LogP contribution in [0.3, 0.4) is 0 Å². The Morgan fingerprint density at radius 3 is 2.54 bits per heavy atom. The Kier molecular flexibility index (Phi) is 5.98. The number of benzene rings is 1. The van der Waals surface area contributed by atoms with E-state index in [4.69, 9.17) is 4.74 Å². The zero-order valence-corrected chi connectivity index (χ0v) is 16.2. The van der Waals surface area contributed by atoms with Crippen molar-refractivity contribution in [1.82, 2.24) is 9.62 Å². The Labute approximate surface area is 152 Å². The van der Waals surface area contributed by atoms with Crippen molar-refractivity contribution in [2.75, 3.05) is 32.8 Å². The summed E-state index contributed by atoms with van der Waals surface area (Å²) in [6, 6.07) is 6.85. The molecule has 1 heterocycles. The number of nitrogens with one attached hydrogen (secondary N) is 1. The third kappa shape index (κ3) is 4.19. The van der Waals surface area contributed by atoms with E-state index in [1.54, 1.807) is 18.2 Å². The first-order valence-electron chi connectivity index (χ1n) is 8.60. The lowest BCUT2D eigenvalue weighted by Crippen LogP contribution is -2.59. The van der Waals surface area contributed by atoms with E-state index in [2.05, 4.69) is 25.6 Å². The molecule has 1 aliphatic heterocycles. The Balaban J connectivity index is 1.75. The number of morpholine rings is 1. The molecule has 134 valence electrons. The van der Waals surface area contributed by atoms with Gasteiger partial charge in [0.2, 0.25) is 10.0 Å². The maximum absolute atomic E-state index is 12.7. The second-order valence-electron chi connectivity index (χ2n) is 6.67. The third-order valence-electron chi connectivity index (χ3n) is 5.16. The standard InChI is InChI=1S/C17H25BrN2O3S/c18-15-5-4-6-16(13-15)24(21,22)19-14-17(7-2-1-3-8-17)20-9-11-23-12-10-20/h4-6,13,19H,1-3,7-12,14H2. The molecule has 0 radical (unpaired) electrons. The highest BCUT2D eigenvalue weighted by Crippen LogP contribution is 2.34. The molecule has 0 aromatic heterocycles. The van der Waals surface area contributed by atoms with E-state index < -0.39 is 10.0 Å². The van der Waals surface area contributed by atoms with E-state index in [-0.39, 0.29) is 5.54 Å². The summed E-state index contributed by atoms with van der Waals surface area (Å²) >= 11 is 3.34. The van der Waals surface area contributed by atoms with Crippen LogP contribution >= 0.6 is 15.9 Å². The van der Waals surface area contributed by atoms with Crippen molar-refractivity contribution >= 4 is 26.0 Å². The SMILES string of the molecule is O=S(=O)(NCC1(N2CCOCC2)CCCCC1)c1cccc(Br)c1. The molecule has 1 aromatic carbocycles. The summed E-state index contributed by atoms with van der Waals surface area (Å²) in [4.78, 5) is 2.75. The average molecular weight is 417 g/mol. The largest absolute Gasteiger partial charge is 0.379 e. The predicted octanol–water partition coefficient (Wildman–Crippen LogP) is 2.76. The fourth-order valence-electron chi connectivity index (χ4n) is 3.80. The monoisotopic (exact) mass is 416 g/mol. The van der Waals surface area contributed by atoms with Crippen LogP contribution in [0.15, 0.2) is 33.6 Å². The van der Waals surface area contributed by atoms with Crippen LogP contribution in [-0.2, 0) is 14.8 Å². The highest BCUT2D eigenvalue weighted by molar-refractivity contribution is 9.10. The fraction of sp³-hybridized carbons (Fsp3) is 0.647. The van der Waals surface area contributed by atoms with Gasteiger partial charge in [0, 0.05) is 29.6 Å². The summed E-state index contributed by atoms with van der Waals surface area (Å²) in [6.07, 6.45) is 5.67. The van der Waals surface area contributed by atoms with Gasteiger partial charge >= 0.3 is 0 Å². The Morgan fingerprint density at radius 2 is 1.88 bits per heavy atom. The molecule has 3 rings (SSSR count). The van der Waals surface area contributed by atoms with Crippen LogP contribution in [-0.4, -0.2) is 51.7 Å². The van der Waals surface area contributed by atoms with Crippen molar-refractivity contribution < 1.29 is 13.2 Å². The van der Waals surface area contributed by atoms with Gasteiger partial charge in [0.1, 0.15) is 0 Å². The molecule has 0 amide bonds. The molecule has 24 heavy (non-hydrogen) atoms. The maximum Gasteiger partial charge on any atom is 0.240 e. The molecule has 1 aliphatic carbocycles. The highest BCUT2D eigenvalue weighted by Gasteiger charge is 2.39. The summed E-state index contributed by atoms with van der Waals surface area (Å²) in [7, 11) is -3.50. The van der Waals surface area contributed by atoms with Gasteiger partial charge in [0.05, 0.1) is 18.1 Å². The minimum absolute atomic E-state index is 0.0683. The predicted molar refractivity (Wildman–Crippen MR) is 97.5 cm³/mol. The maximum atomic E-state index is 12.7. The van der Waals surface area contributed by atoms with Crippen LogP contribution in [0.25, 0.3) is 0 Å². The van der Waals surface area contributed by atoms with Crippen LogP contribution in [0, 0.1) is 0 Å². The molecule has 7 heteroatoms. The summed E-state index contributed by atoms with van der Waals surface area (Å²) in [5.74, 6) is 0. The topological polar surface area (TPSA) is 58.6 Å².